The summed E-state index contributed by atoms with van der Waals surface area (Å²) in [6.07, 6.45) is 4.94. The molecular weight excluding hydrogens is 488 g/mol. The number of aliphatic hydroxyl groups is 1. The summed E-state index contributed by atoms with van der Waals surface area (Å²) in [6.45, 7) is -0.116. The molecule has 0 spiro atoms. The Morgan fingerprint density at radius 1 is 0.853 bits per heavy atom. The van der Waals surface area contributed by atoms with Crippen molar-refractivity contribution in [2.75, 3.05) is 29.1 Å². The van der Waals surface area contributed by atoms with Crippen LogP contribution in [-0.4, -0.2) is 47.5 Å². The van der Waals surface area contributed by atoms with Crippen LogP contribution in [0.1, 0.15) is 15.9 Å². The van der Waals surface area contributed by atoms with Crippen molar-refractivity contribution in [3.05, 3.63) is 60.1 Å². The topological polar surface area (TPSA) is 165 Å². The minimum atomic E-state index is -3.41. The number of methoxy groups -OCH3 is 1. The number of fused-ring (bicyclic) bond motifs is 2. The largest absolute Gasteiger partial charge is 0.465 e. The second kappa shape index (κ2) is 9.75. The van der Waals surface area contributed by atoms with E-state index in [1.807, 2.05) is 0 Å². The summed E-state index contributed by atoms with van der Waals surface area (Å²) in [5.74, 6) is -0.507. The molecule has 2 aromatic heterocycles. The number of sulfonamides is 2. The first-order chi connectivity index (χ1) is 15.9. The van der Waals surface area contributed by atoms with Crippen LogP contribution in [-0.2, 0) is 31.4 Å². The van der Waals surface area contributed by atoms with Gasteiger partial charge in [-0.1, -0.05) is 6.07 Å². The lowest BCUT2D eigenvalue weighted by Crippen LogP contribution is -2.10. The van der Waals surface area contributed by atoms with Crippen molar-refractivity contribution >= 4 is 59.3 Å². The zero-order valence-corrected chi connectivity index (χ0v) is 20.0. The van der Waals surface area contributed by atoms with Crippen LogP contribution >= 0.6 is 0 Å². The first kappa shape index (κ1) is 25.1. The molecule has 0 radical (unpaired) electrons. The average molecular weight is 511 g/mol. The Morgan fingerprint density at radius 2 is 1.35 bits per heavy atom. The number of rotatable bonds is 6. The lowest BCUT2D eigenvalue weighted by Gasteiger charge is -2.06. The molecule has 0 atom stereocenters. The zero-order chi connectivity index (χ0) is 25.1. The molecule has 0 aliphatic carbocycles. The van der Waals surface area contributed by atoms with Crippen LogP contribution < -0.4 is 9.44 Å². The lowest BCUT2D eigenvalue weighted by atomic mass is 10.1. The van der Waals surface area contributed by atoms with Gasteiger partial charge >= 0.3 is 5.97 Å². The molecule has 4 aromatic rings. The third kappa shape index (κ3) is 5.87. The summed E-state index contributed by atoms with van der Waals surface area (Å²) in [4.78, 5) is 11.5. The molecule has 0 aliphatic heterocycles. The molecule has 0 unspecified atom stereocenters. The van der Waals surface area contributed by atoms with Crippen molar-refractivity contribution in [1.82, 2.24) is 0 Å². The average Bonchev–Trinajstić information content (AvgIpc) is 3.42. The Bertz CT molecular complexity index is 1550. The van der Waals surface area contributed by atoms with E-state index in [-0.39, 0.29) is 12.3 Å². The number of ether oxygens (including phenoxy) is 1. The van der Waals surface area contributed by atoms with Crippen LogP contribution in [0.4, 0.5) is 11.4 Å². The van der Waals surface area contributed by atoms with E-state index in [4.69, 9.17) is 13.9 Å². The summed E-state index contributed by atoms with van der Waals surface area (Å²) >= 11 is 0. The van der Waals surface area contributed by atoms with E-state index in [1.165, 1.54) is 31.8 Å². The van der Waals surface area contributed by atoms with Gasteiger partial charge in [0.05, 0.1) is 55.7 Å². The predicted molar refractivity (Wildman–Crippen MR) is 127 cm³/mol. The number of carbonyl (C=O) groups excluding carboxylic acids is 1. The Balaban J connectivity index is 0.000000192. The molecular formula is C21H22N2O9S2. The molecule has 13 heteroatoms. The summed E-state index contributed by atoms with van der Waals surface area (Å²) in [6, 6.07) is 9.43. The van der Waals surface area contributed by atoms with E-state index < -0.39 is 26.0 Å². The summed E-state index contributed by atoms with van der Waals surface area (Å²) in [7, 11) is -5.48. The maximum Gasteiger partial charge on any atom is 0.338 e. The van der Waals surface area contributed by atoms with Crippen LogP contribution in [0.15, 0.2) is 57.8 Å². The number of furan rings is 2. The Kier molecular flexibility index (Phi) is 7.19. The van der Waals surface area contributed by atoms with Gasteiger partial charge in [0.25, 0.3) is 0 Å². The van der Waals surface area contributed by atoms with Gasteiger partial charge in [-0.2, -0.15) is 0 Å². The highest BCUT2D eigenvalue weighted by molar-refractivity contribution is 7.92. The van der Waals surface area contributed by atoms with Gasteiger partial charge in [0.1, 0.15) is 0 Å². The van der Waals surface area contributed by atoms with Gasteiger partial charge in [-0.05, 0) is 35.9 Å². The molecule has 0 saturated heterocycles. The van der Waals surface area contributed by atoms with Crippen molar-refractivity contribution in [3.63, 3.8) is 0 Å². The number of hydrogen-bond donors (Lipinski definition) is 3. The molecule has 182 valence electrons. The molecule has 0 aliphatic rings. The molecule has 11 nitrogen and oxygen atoms in total. The van der Waals surface area contributed by atoms with Crippen LogP contribution in [0, 0.1) is 0 Å². The summed E-state index contributed by atoms with van der Waals surface area (Å²) in [5.41, 5.74) is 2.40. The minimum absolute atomic E-state index is 0.116. The number of benzene rings is 2. The first-order valence-corrected chi connectivity index (χ1v) is 13.4. The van der Waals surface area contributed by atoms with E-state index in [0.717, 1.165) is 12.5 Å². The Hall–Kier alpha value is -3.55. The first-order valence-electron chi connectivity index (χ1n) is 9.57. The number of nitrogens with one attached hydrogen (secondary N) is 2. The van der Waals surface area contributed by atoms with E-state index in [0.29, 0.717) is 38.8 Å². The van der Waals surface area contributed by atoms with Crippen molar-refractivity contribution in [2.45, 2.75) is 6.61 Å². The second-order valence-corrected chi connectivity index (χ2v) is 10.7. The van der Waals surface area contributed by atoms with Crippen molar-refractivity contribution in [3.8, 4) is 0 Å². The Labute approximate surface area is 195 Å². The van der Waals surface area contributed by atoms with Crippen LogP contribution in [0.5, 0.6) is 0 Å². The summed E-state index contributed by atoms with van der Waals surface area (Å²) in [5, 5.41) is 10.3. The number of carbonyl (C=O) groups is 1. The quantitative estimate of drug-likeness (QED) is 0.331. The Morgan fingerprint density at radius 3 is 1.85 bits per heavy atom. The van der Waals surface area contributed by atoms with Gasteiger partial charge in [-0.15, -0.1) is 0 Å². The van der Waals surface area contributed by atoms with Gasteiger partial charge in [0, 0.05) is 10.8 Å². The molecule has 0 bridgehead atoms. The van der Waals surface area contributed by atoms with Crippen LogP contribution in [0.3, 0.4) is 0 Å². The SMILES string of the molecule is COC(=O)c1ccc(NS(C)(=O)=O)c2occc12.CS(=O)(=O)Nc1ccc(CO)c2ccoc12. The molecule has 0 amide bonds. The molecule has 34 heavy (non-hydrogen) atoms. The zero-order valence-electron chi connectivity index (χ0n) is 18.4. The highest BCUT2D eigenvalue weighted by atomic mass is 32.2. The maximum atomic E-state index is 11.5. The van der Waals surface area contributed by atoms with Crippen LogP contribution in [0.2, 0.25) is 0 Å². The third-order valence-electron chi connectivity index (χ3n) is 4.49. The monoisotopic (exact) mass is 510 g/mol. The smallest absolute Gasteiger partial charge is 0.338 e. The fraction of sp³-hybridized carbons (Fsp3) is 0.190. The second-order valence-electron chi connectivity index (χ2n) is 7.16. The fourth-order valence-corrected chi connectivity index (χ4v) is 4.29. The van der Waals surface area contributed by atoms with Gasteiger partial charge in [0.2, 0.25) is 20.0 Å². The van der Waals surface area contributed by atoms with E-state index in [1.54, 1.807) is 24.3 Å². The van der Waals surface area contributed by atoms with E-state index in [9.17, 15) is 21.6 Å². The van der Waals surface area contributed by atoms with E-state index >= 15 is 0 Å². The molecule has 2 heterocycles. The van der Waals surface area contributed by atoms with Gasteiger partial charge < -0.3 is 18.7 Å². The van der Waals surface area contributed by atoms with E-state index in [2.05, 4.69) is 14.2 Å². The standard InChI is InChI=1S/C11H11NO5S.C10H11NO4S/c1-16-11(13)8-3-4-9(12-18(2,14)15)10-7(8)5-6-17-10;1-16(13,14)11-9-3-2-7(6-12)8-4-5-15-10(8)9/h3-6,12H,1-2H3;2-5,11-12H,6H2,1H3. The molecule has 3 N–H and O–H groups in total. The predicted octanol–water partition coefficient (Wildman–Crippen LogP) is 2.89. The molecule has 0 fully saturated rings. The van der Waals surface area contributed by atoms with Crippen molar-refractivity contribution in [1.29, 1.82) is 0 Å². The number of aliphatic hydroxyl groups excluding tert-OH is 1. The van der Waals surface area contributed by atoms with Crippen molar-refractivity contribution < 1.29 is 40.3 Å². The lowest BCUT2D eigenvalue weighted by molar-refractivity contribution is 0.0603. The highest BCUT2D eigenvalue weighted by Gasteiger charge is 2.16. The fourth-order valence-electron chi connectivity index (χ4n) is 3.17. The molecule has 2 aromatic carbocycles. The third-order valence-corrected chi connectivity index (χ3v) is 5.67. The maximum absolute atomic E-state index is 11.5. The van der Waals surface area contributed by atoms with Gasteiger partial charge in [-0.25, -0.2) is 21.6 Å². The normalized spacial score (nSPS) is 11.6. The van der Waals surface area contributed by atoms with Gasteiger partial charge in [-0.3, -0.25) is 9.44 Å². The number of anilines is 2. The molecule has 4 rings (SSSR count). The summed E-state index contributed by atoms with van der Waals surface area (Å²) < 4.78 is 64.3. The molecule has 0 saturated carbocycles. The van der Waals surface area contributed by atoms with Gasteiger partial charge in [0.15, 0.2) is 11.2 Å². The number of hydrogen-bond acceptors (Lipinski definition) is 9. The van der Waals surface area contributed by atoms with Crippen LogP contribution in [0.25, 0.3) is 21.9 Å². The van der Waals surface area contributed by atoms with Crippen molar-refractivity contribution in [2.24, 2.45) is 0 Å². The number of esters is 1. The highest BCUT2D eigenvalue weighted by Crippen LogP contribution is 2.29. The minimum Gasteiger partial charge on any atom is -0.465 e.